The van der Waals surface area contributed by atoms with Gasteiger partial charge in [-0.25, -0.2) is 37.8 Å². The third-order valence-corrected chi connectivity index (χ3v) is 25.8. The third-order valence-electron chi connectivity index (χ3n) is 25.8. The molecule has 0 aliphatic carbocycles. The van der Waals surface area contributed by atoms with Crippen molar-refractivity contribution in [3.8, 4) is 109 Å². The van der Waals surface area contributed by atoms with Gasteiger partial charge in [0.05, 0.1) is 58.5 Å². The Labute approximate surface area is 764 Å². The van der Waals surface area contributed by atoms with Gasteiger partial charge in [-0.05, 0) is 101 Å². The molecule has 0 saturated carbocycles. The molecule has 0 bridgehead atoms. The van der Waals surface area contributed by atoms with E-state index in [0.29, 0.717) is 47.3 Å². The van der Waals surface area contributed by atoms with E-state index in [9.17, 15) is 0 Å². The number of pyridine rings is 4. The lowest BCUT2D eigenvalue weighted by Gasteiger charge is -2.17. The van der Waals surface area contributed by atoms with Crippen LogP contribution >= 0.6 is 0 Å². The van der Waals surface area contributed by atoms with E-state index in [1.54, 1.807) is 0 Å². The predicted octanol–water partition coefficient (Wildman–Crippen LogP) is 18.4. The Morgan fingerprint density at radius 3 is 0.922 bits per heavy atom. The zero-order valence-electron chi connectivity index (χ0n) is 81.8. The molecule has 17 aromatic rings. The lowest BCUT2D eigenvalue weighted by Crippen LogP contribution is -2.47. The first-order chi connectivity index (χ1) is 61.6. The Hall–Kier alpha value is -13.4. The molecule has 12 heterocycles. The number of aryl methyl sites for hydroxylation is 8. The molecule has 12 aromatic heterocycles. The summed E-state index contributed by atoms with van der Waals surface area (Å²) in [5.41, 5.74) is 27.3. The van der Waals surface area contributed by atoms with Gasteiger partial charge in [-0.1, -0.05) is 196 Å². The summed E-state index contributed by atoms with van der Waals surface area (Å²) in [7, 11) is 25.3. The fourth-order valence-corrected chi connectivity index (χ4v) is 18.6. The third kappa shape index (κ3) is 17.7. The zero-order valence-corrected chi connectivity index (χ0v) is 81.8. The number of fused-ring (bicyclic) bond motifs is 1. The van der Waals surface area contributed by atoms with Gasteiger partial charge >= 0.3 is 29.1 Å². The summed E-state index contributed by atoms with van der Waals surface area (Å²) in [6.45, 7) is 38.4. The second-order valence-electron chi connectivity index (χ2n) is 37.2. The van der Waals surface area contributed by atoms with Crippen LogP contribution in [0.3, 0.4) is 0 Å². The molecule has 20 nitrogen and oxygen atoms in total. The fourth-order valence-electron chi connectivity index (χ4n) is 18.6. The van der Waals surface area contributed by atoms with Gasteiger partial charge in [-0.2, -0.15) is 32.0 Å². The Bertz CT molecular complexity index is 6600. The number of imidazole rings is 7. The van der Waals surface area contributed by atoms with Crippen molar-refractivity contribution in [3.05, 3.63) is 307 Å². The maximum absolute atomic E-state index is 4.97. The van der Waals surface area contributed by atoms with Crippen molar-refractivity contribution in [2.75, 3.05) is 0 Å². The highest BCUT2D eigenvalue weighted by molar-refractivity contribution is 5.79. The largest absolute Gasteiger partial charge is 0.359 e. The predicted molar refractivity (Wildman–Crippen MR) is 516 cm³/mol. The van der Waals surface area contributed by atoms with Crippen molar-refractivity contribution in [1.29, 1.82) is 0 Å². The molecule has 20 heteroatoms. The number of para-hydroxylation sites is 6. The Kier molecular flexibility index (Phi) is 27.3. The molecule has 129 heavy (non-hydrogen) atoms. The molecule has 0 saturated heterocycles. The monoisotopic (exact) mass is 1730 g/mol. The molecular weight excluding hydrogens is 1590 g/mol. The molecule has 0 radical (unpaired) electrons. The minimum atomic E-state index is 0.421. The molecule has 0 amide bonds. The van der Waals surface area contributed by atoms with E-state index in [4.69, 9.17) is 4.98 Å². The summed E-state index contributed by atoms with van der Waals surface area (Å²) in [4.78, 5) is 14.1. The highest BCUT2D eigenvalue weighted by Crippen LogP contribution is 2.39. The van der Waals surface area contributed by atoms with E-state index in [1.165, 1.54) is 67.3 Å². The minimum Gasteiger partial charge on any atom is -0.329 e. The molecular formula is C109H137N20+9. The number of benzene rings is 5. The highest BCUT2D eigenvalue weighted by Gasteiger charge is 2.38. The first-order valence-corrected chi connectivity index (χ1v) is 45.8. The minimum absolute atomic E-state index is 0.421. The summed E-state index contributed by atoms with van der Waals surface area (Å²) in [6, 6.07) is 63.2. The second-order valence-corrected chi connectivity index (χ2v) is 37.2. The van der Waals surface area contributed by atoms with Crippen LogP contribution in [0.1, 0.15) is 208 Å². The van der Waals surface area contributed by atoms with Gasteiger partial charge in [0.15, 0.2) is 13.2 Å². The topological polar surface area (TPSA) is 113 Å². The van der Waals surface area contributed by atoms with Crippen LogP contribution in [0.25, 0.3) is 120 Å². The Morgan fingerprint density at radius 1 is 0.287 bits per heavy atom. The summed E-state index contributed by atoms with van der Waals surface area (Å²) in [5.74, 6) is 12.1. The average Bonchev–Trinajstić information content (AvgIpc) is 1.66. The van der Waals surface area contributed by atoms with Crippen LogP contribution in [-0.2, 0) is 84.6 Å². The number of hydrogen-bond donors (Lipinski definition) is 0. The molecule has 0 aliphatic heterocycles. The van der Waals surface area contributed by atoms with Crippen molar-refractivity contribution < 1.29 is 41.2 Å². The first-order valence-electron chi connectivity index (χ1n) is 45.8. The van der Waals surface area contributed by atoms with Crippen LogP contribution in [0.4, 0.5) is 0 Å². The van der Waals surface area contributed by atoms with Crippen LogP contribution in [0.5, 0.6) is 0 Å². The van der Waals surface area contributed by atoms with Gasteiger partial charge in [0.25, 0.3) is 17.1 Å². The van der Waals surface area contributed by atoms with E-state index in [1.807, 2.05) is 38.6 Å². The quantitative estimate of drug-likeness (QED) is 0.0708. The van der Waals surface area contributed by atoms with Crippen molar-refractivity contribution in [3.63, 3.8) is 0 Å². The van der Waals surface area contributed by atoms with Gasteiger partial charge in [0, 0.05) is 125 Å². The lowest BCUT2D eigenvalue weighted by atomic mass is 9.92. The summed E-state index contributed by atoms with van der Waals surface area (Å²) >= 11 is 0. The molecule has 5 aromatic carbocycles. The van der Waals surface area contributed by atoms with Crippen molar-refractivity contribution in [2.45, 2.75) is 165 Å². The zero-order chi connectivity index (χ0) is 92.6. The molecule has 664 valence electrons. The molecule has 0 spiro atoms. The number of rotatable bonds is 20. The van der Waals surface area contributed by atoms with Crippen LogP contribution < -0.4 is 41.2 Å². The molecule has 0 atom stereocenters. The summed E-state index contributed by atoms with van der Waals surface area (Å²) in [5, 5.41) is 0. The standard InChI is InChI=1S/C30H35N5.C27H35N5.C26H34N5.C26H33N5/c1-20(2)22-12-10-13-23(21(3)4)28(22)35-19-18-32(5)30(35)27-17-11-16-26(33(27)6)29-31-24-14-8-9-15-25(24)34(29)7;1-18(2)21-11-9-12-22(19(3)4)26(21)32-16-15-29(6)27(32)24-14-10-13-23(31(24)8)25-17-28-20(5)30(25)7;1-19(2)21-11-8-12-22(20(3)4)25(21)30-18-17-27(5)26(30)23-13-9-14-24(29(23)7)31-16-10-15-28(31)6;1-18(2)20-10-8-11-21(19(3)4)24(20)31-17-16-29(6)26(31)23-13-9-12-22(30(23)7)25-27-14-15-28(25)5/h8-21H,1-7H3;9-19H,1-8H3;8-20H,1-7H3;8-19H,1-7H3/q2*+2;+3;+2. The van der Waals surface area contributed by atoms with Crippen LogP contribution in [-0.4, -0.2) is 51.6 Å². The van der Waals surface area contributed by atoms with Gasteiger partial charge < -0.3 is 13.7 Å². The molecule has 0 fully saturated rings. The first kappa shape index (κ1) is 91.8. The number of hydrogen-bond acceptors (Lipinski definition) is 3. The van der Waals surface area contributed by atoms with E-state index in [2.05, 4.69) is 508 Å². The maximum Gasteiger partial charge on any atom is 0.359 e. The van der Waals surface area contributed by atoms with E-state index in [0.717, 1.165) is 103 Å². The van der Waals surface area contributed by atoms with Crippen LogP contribution in [0.2, 0.25) is 0 Å². The fraction of sp³-hybridized carbons (Fsp3) is 0.339. The normalized spacial score (nSPS) is 11.7. The lowest BCUT2D eigenvalue weighted by molar-refractivity contribution is -0.764. The second kappa shape index (κ2) is 38.3. The molecule has 0 unspecified atom stereocenters. The van der Waals surface area contributed by atoms with Gasteiger partial charge in [0.1, 0.15) is 105 Å². The van der Waals surface area contributed by atoms with Crippen LogP contribution in [0, 0.1) is 6.92 Å². The maximum atomic E-state index is 4.97. The van der Waals surface area contributed by atoms with Gasteiger partial charge in [0.2, 0.25) is 40.6 Å². The van der Waals surface area contributed by atoms with Gasteiger partial charge in [-0.3, -0.25) is 0 Å². The Morgan fingerprint density at radius 2 is 0.605 bits per heavy atom. The summed E-state index contributed by atoms with van der Waals surface area (Å²) < 4.78 is 38.0. The highest BCUT2D eigenvalue weighted by atomic mass is 15.4. The summed E-state index contributed by atoms with van der Waals surface area (Å²) in [6.07, 6.45) is 27.3. The molecule has 17 rings (SSSR count). The van der Waals surface area contributed by atoms with E-state index >= 15 is 0 Å². The average molecular weight is 1730 g/mol. The molecule has 0 aliphatic rings. The SMILES string of the molecule is CC(C)c1cccc(C(C)C)c1-n1cc[n+](C)c1-c1cccc(-c2nc3ccccc3n2C)[n+]1C.CC(C)c1cccc(C(C)C)c1-n1cc[n+](C)c1-c1cccc(-c2nccn2C)[n+]1C.CC(C)c1cccc(C(C)C)c1-n1cc[n+](C)c1-c1cccc(-n2ccc[n+]2C)[n+]1C.Cc1ncc(-c2cccc(-c3n(-c4c(C(C)C)cccc4C(C)C)cc[n+]3C)[n+]2C)n1C. The smallest absolute Gasteiger partial charge is 0.329 e. The van der Waals surface area contributed by atoms with Crippen LogP contribution in [0.15, 0.2) is 256 Å². The van der Waals surface area contributed by atoms with Crippen molar-refractivity contribution in [2.24, 2.45) is 84.6 Å². The van der Waals surface area contributed by atoms with Crippen molar-refractivity contribution in [1.82, 2.24) is 51.6 Å². The van der Waals surface area contributed by atoms with Crippen molar-refractivity contribution >= 4 is 11.0 Å². The van der Waals surface area contributed by atoms with E-state index < -0.39 is 0 Å². The van der Waals surface area contributed by atoms with E-state index in [-0.39, 0.29) is 0 Å². The van der Waals surface area contributed by atoms with Gasteiger partial charge in [-0.15, -0.1) is 0 Å². The number of nitrogens with zero attached hydrogens (tertiary/aromatic N) is 20. The number of aromatic nitrogens is 20. The Balaban J connectivity index is 0.000000139. The molecule has 0 N–H and O–H groups in total.